The molecule has 6 N–H and O–H groups in total. The number of amides is 4. The number of nitrogens with two attached hydrogens (primary N) is 2. The number of imidazole rings is 2. The average Bonchev–Trinajstić information content (AvgIpc) is 3.96. The fourth-order valence-corrected chi connectivity index (χ4v) is 7.90. The molecule has 60 heavy (non-hydrogen) atoms. The van der Waals surface area contributed by atoms with Crippen molar-refractivity contribution >= 4 is 57.6 Å². The van der Waals surface area contributed by atoms with Crippen molar-refractivity contribution in [3.63, 3.8) is 0 Å². The molecule has 0 spiro atoms. The first kappa shape index (κ1) is 39.8. The summed E-state index contributed by atoms with van der Waals surface area (Å²) >= 11 is 0. The summed E-state index contributed by atoms with van der Waals surface area (Å²) in [6, 6.07) is 9.75. The van der Waals surface area contributed by atoms with E-state index < -0.39 is 23.6 Å². The van der Waals surface area contributed by atoms with Gasteiger partial charge in [0.25, 0.3) is 11.8 Å². The van der Waals surface area contributed by atoms with Gasteiger partial charge in [-0.15, -0.1) is 0 Å². The lowest BCUT2D eigenvalue weighted by molar-refractivity contribution is 0.0337. The third kappa shape index (κ3) is 7.54. The number of allylic oxidation sites excluding steroid dienone is 2. The van der Waals surface area contributed by atoms with E-state index in [1.165, 1.54) is 0 Å². The first-order valence-electron chi connectivity index (χ1n) is 19.8. The number of benzene rings is 2. The number of likely N-dealkylation sites (tertiary alicyclic amines) is 1. The van der Waals surface area contributed by atoms with Gasteiger partial charge in [-0.25, -0.2) is 9.97 Å². The number of hydrogen-bond donors (Lipinski definition) is 4. The van der Waals surface area contributed by atoms with Crippen molar-refractivity contribution in [1.29, 1.82) is 0 Å². The zero-order valence-electron chi connectivity index (χ0n) is 34.1. The van der Waals surface area contributed by atoms with E-state index in [1.54, 1.807) is 54.9 Å². The Morgan fingerprint density at radius 2 is 1.12 bits per heavy atom. The second-order valence-corrected chi connectivity index (χ2v) is 15.2. The lowest BCUT2D eigenvalue weighted by Crippen LogP contribution is -2.50. The van der Waals surface area contributed by atoms with Crippen molar-refractivity contribution in [2.45, 2.75) is 53.9 Å². The molecular weight excluding hydrogens is 771 g/mol. The molecule has 0 aliphatic carbocycles. The number of nitrogens with zero attached hydrogens (tertiary/aromatic N) is 9. The highest BCUT2D eigenvalue weighted by molar-refractivity contribution is 6.05. The highest BCUT2D eigenvalue weighted by atomic mass is 16.5. The van der Waals surface area contributed by atoms with Crippen molar-refractivity contribution in [1.82, 2.24) is 43.6 Å². The Bertz CT molecular complexity index is 2540. The van der Waals surface area contributed by atoms with Gasteiger partial charge in [-0.3, -0.25) is 39.2 Å². The summed E-state index contributed by atoms with van der Waals surface area (Å²) in [5, 5.41) is 14.8. The Kier molecular flexibility index (Phi) is 10.6. The van der Waals surface area contributed by atoms with Crippen LogP contribution in [-0.2, 0) is 26.2 Å². The van der Waals surface area contributed by atoms with Crippen LogP contribution in [0.15, 0.2) is 48.6 Å². The lowest BCUT2D eigenvalue weighted by Gasteiger charge is -2.41. The normalized spacial score (nSPS) is 15.8. The maximum atomic E-state index is 13.8. The summed E-state index contributed by atoms with van der Waals surface area (Å²) in [6.07, 6.45) is 3.75. The number of aromatic nitrogens is 8. The van der Waals surface area contributed by atoms with Crippen LogP contribution in [0, 0.1) is 25.7 Å². The number of carbonyl (C=O) groups excluding carboxylic acids is 4. The molecule has 1 saturated heterocycles. The van der Waals surface area contributed by atoms with Gasteiger partial charge in [-0.05, 0) is 77.1 Å². The number of aryl methyl sites for hydroxylation is 4. The average molecular weight is 818 g/mol. The van der Waals surface area contributed by atoms with Gasteiger partial charge in [-0.1, -0.05) is 12.2 Å². The molecule has 4 aromatic heterocycles. The molecule has 312 valence electrons. The first-order valence-corrected chi connectivity index (χ1v) is 19.8. The predicted octanol–water partition coefficient (Wildman–Crippen LogP) is 3.34. The standard InChI is InChI=1S/C41H47N13O6/c1-6-53-30(12-22(3)48-53)38(57)46-40-44-28-14-24(36(42)55)16-32-34(28)51(40)10-8-9-11-52-35-29(45-41(52)47-39(58)31-13-23(4)49-54(31)7-2)15-25(37(43)56)17-33(35)60-21-27(20-59-32)26-18-50(5)19-26/h8-9,12-17,26-27H,6-7,10-11,18-21H2,1-5H3,(H2,42,55)(H2,43,56)(H,44,46,57)(H,45,47,58)/b9-8+. The van der Waals surface area contributed by atoms with Gasteiger partial charge < -0.3 is 35.0 Å². The fourth-order valence-electron chi connectivity index (χ4n) is 7.90. The second-order valence-electron chi connectivity index (χ2n) is 15.2. The van der Waals surface area contributed by atoms with E-state index in [2.05, 4.69) is 25.7 Å². The van der Waals surface area contributed by atoms with Crippen LogP contribution in [0.25, 0.3) is 22.1 Å². The van der Waals surface area contributed by atoms with Crippen LogP contribution in [0.5, 0.6) is 11.5 Å². The molecule has 19 nitrogen and oxygen atoms in total. The third-order valence-electron chi connectivity index (χ3n) is 10.9. The number of ether oxygens (including phenoxy) is 2. The largest absolute Gasteiger partial charge is 0.491 e. The van der Waals surface area contributed by atoms with E-state index in [0.29, 0.717) is 69.4 Å². The van der Waals surface area contributed by atoms with Crippen molar-refractivity contribution < 1.29 is 28.7 Å². The summed E-state index contributed by atoms with van der Waals surface area (Å²) in [6.45, 7) is 10.7. The highest BCUT2D eigenvalue weighted by Crippen LogP contribution is 2.35. The Balaban J connectivity index is 1.26. The Labute approximate surface area is 344 Å². The van der Waals surface area contributed by atoms with Gasteiger partial charge in [0.15, 0.2) is 0 Å². The van der Waals surface area contributed by atoms with E-state index in [0.717, 1.165) is 13.1 Å². The van der Waals surface area contributed by atoms with Gasteiger partial charge >= 0.3 is 0 Å². The molecule has 6 heterocycles. The van der Waals surface area contributed by atoms with Crippen molar-refractivity contribution in [3.05, 3.63) is 82.5 Å². The highest BCUT2D eigenvalue weighted by Gasteiger charge is 2.34. The van der Waals surface area contributed by atoms with E-state index in [4.69, 9.17) is 30.9 Å². The molecule has 8 rings (SSSR count). The Hall–Kier alpha value is -7.02. The van der Waals surface area contributed by atoms with E-state index in [9.17, 15) is 19.2 Å². The summed E-state index contributed by atoms with van der Waals surface area (Å²) in [7, 11) is 2.03. The molecule has 2 aliphatic rings. The summed E-state index contributed by atoms with van der Waals surface area (Å²) in [4.78, 5) is 64.6. The van der Waals surface area contributed by atoms with Crippen LogP contribution < -0.4 is 31.6 Å². The number of nitrogens with one attached hydrogen (secondary N) is 2. The second kappa shape index (κ2) is 16.0. The molecule has 0 unspecified atom stereocenters. The fraction of sp³-hybridized carbons (Fsp3) is 0.366. The number of rotatable bonds is 9. The molecular formula is C41H47N13O6. The molecule has 4 amide bonds. The summed E-state index contributed by atoms with van der Waals surface area (Å²) in [5.41, 5.74) is 15.9. The monoisotopic (exact) mass is 817 g/mol. The van der Waals surface area contributed by atoms with Gasteiger partial charge in [0.2, 0.25) is 23.7 Å². The first-order chi connectivity index (χ1) is 28.8. The number of hydrogen-bond acceptors (Lipinski definition) is 11. The maximum Gasteiger partial charge on any atom is 0.276 e. The molecule has 1 fully saturated rings. The molecule has 19 heteroatoms. The lowest BCUT2D eigenvalue weighted by atomic mass is 9.87. The van der Waals surface area contributed by atoms with Gasteiger partial charge in [0, 0.05) is 56.3 Å². The van der Waals surface area contributed by atoms with Gasteiger partial charge in [0.05, 0.1) is 35.6 Å². The van der Waals surface area contributed by atoms with Crippen molar-refractivity contribution in [3.8, 4) is 11.5 Å². The quantitative estimate of drug-likeness (QED) is 0.154. The van der Waals surface area contributed by atoms with Crippen LogP contribution in [-0.4, -0.2) is 101 Å². The zero-order chi connectivity index (χ0) is 42.4. The van der Waals surface area contributed by atoms with E-state index >= 15 is 0 Å². The Morgan fingerprint density at radius 1 is 0.683 bits per heavy atom. The van der Waals surface area contributed by atoms with E-state index in [1.807, 2.05) is 46.9 Å². The van der Waals surface area contributed by atoms with Crippen LogP contribution in [0.2, 0.25) is 0 Å². The third-order valence-corrected chi connectivity index (χ3v) is 10.9. The minimum atomic E-state index is -0.665. The number of anilines is 2. The minimum Gasteiger partial charge on any atom is -0.491 e. The molecule has 0 radical (unpaired) electrons. The topological polar surface area (TPSA) is 237 Å². The van der Waals surface area contributed by atoms with Gasteiger partial charge in [-0.2, -0.15) is 10.2 Å². The maximum absolute atomic E-state index is 13.8. The molecule has 2 aliphatic heterocycles. The Morgan fingerprint density at radius 3 is 1.50 bits per heavy atom. The number of carbonyl (C=O) groups is 4. The van der Waals surface area contributed by atoms with Crippen LogP contribution in [0.1, 0.15) is 66.9 Å². The van der Waals surface area contributed by atoms with Crippen LogP contribution >= 0.6 is 0 Å². The van der Waals surface area contributed by atoms with Crippen molar-refractivity contribution in [2.75, 3.05) is 44.0 Å². The summed E-state index contributed by atoms with van der Waals surface area (Å²) < 4.78 is 20.1. The van der Waals surface area contributed by atoms with Crippen molar-refractivity contribution in [2.24, 2.45) is 23.3 Å². The molecule has 6 aromatic rings. The predicted molar refractivity (Wildman–Crippen MR) is 222 cm³/mol. The van der Waals surface area contributed by atoms with E-state index in [-0.39, 0.29) is 61.2 Å². The number of primary amides is 2. The smallest absolute Gasteiger partial charge is 0.276 e. The molecule has 0 saturated carbocycles. The van der Waals surface area contributed by atoms with Crippen LogP contribution in [0.4, 0.5) is 11.9 Å². The zero-order valence-corrected chi connectivity index (χ0v) is 34.1. The molecule has 0 bridgehead atoms. The van der Waals surface area contributed by atoms with Gasteiger partial charge in [0.1, 0.15) is 33.9 Å². The minimum absolute atomic E-state index is 0.176. The van der Waals surface area contributed by atoms with Crippen LogP contribution in [0.3, 0.4) is 0 Å². The summed E-state index contributed by atoms with van der Waals surface area (Å²) in [5.74, 6) is -1.04. The molecule has 0 atom stereocenters. The molecule has 2 aromatic carbocycles. The SMILES string of the molecule is CCn1nc(C)cc1C(=O)Nc1nc2cc(C(N)=O)cc3c2n1C/C=C/Cn1c(NC(=O)c2cc(C)nn2CC)nc2cc(C(N)=O)cc(c21)OCC(C1CN(C)C1)CO3.